The Balaban J connectivity index is 1.70. The smallest absolute Gasteiger partial charge is 0.253 e. The largest absolute Gasteiger partial charge is 0.448 e. The van der Waals surface area contributed by atoms with E-state index in [4.69, 9.17) is 21.3 Å². The van der Waals surface area contributed by atoms with Crippen LogP contribution in [0.4, 0.5) is 10.1 Å². The van der Waals surface area contributed by atoms with Gasteiger partial charge in [0.15, 0.2) is 0 Å². The average molecular weight is 399 g/mol. The molecule has 1 atom stereocenters. The van der Waals surface area contributed by atoms with Gasteiger partial charge >= 0.3 is 0 Å². The molecule has 0 bridgehead atoms. The van der Waals surface area contributed by atoms with Crippen molar-refractivity contribution in [2.75, 3.05) is 13.1 Å². The second kappa shape index (κ2) is 9.11. The first-order chi connectivity index (χ1) is 13.9. The maximum absolute atomic E-state index is 13.0. The van der Waals surface area contributed by atoms with Crippen molar-refractivity contribution in [3.05, 3.63) is 60.2 Å². The summed E-state index contributed by atoms with van der Waals surface area (Å²) in [6.07, 6.45) is 5.04. The molecular formula is C19H22FN7O2. The number of hydrogen-bond donors (Lipinski definition) is 4. The van der Waals surface area contributed by atoms with Crippen molar-refractivity contribution in [3.63, 3.8) is 0 Å². The first-order valence-electron chi connectivity index (χ1n) is 8.96. The zero-order chi connectivity index (χ0) is 20.8. The van der Waals surface area contributed by atoms with E-state index in [2.05, 4.69) is 20.2 Å². The fourth-order valence-electron chi connectivity index (χ4n) is 2.90. The molecule has 1 aromatic carbocycles. The molecule has 1 aliphatic heterocycles. The van der Waals surface area contributed by atoms with Gasteiger partial charge in [-0.25, -0.2) is 14.4 Å². The number of carbonyl (C=O) groups excluding carboxylic acids is 1. The van der Waals surface area contributed by atoms with Gasteiger partial charge in [-0.05, 0) is 30.7 Å². The third kappa shape index (κ3) is 5.48. The lowest BCUT2D eigenvalue weighted by atomic mass is 10.0. The number of likely N-dealkylation sites (tertiary alicyclic amines) is 1. The fourth-order valence-corrected chi connectivity index (χ4v) is 2.90. The van der Waals surface area contributed by atoms with Crippen LogP contribution in [0.25, 0.3) is 0 Å². The number of amidine groups is 1. The molecular weight excluding hydrogens is 377 g/mol. The van der Waals surface area contributed by atoms with Gasteiger partial charge in [0.1, 0.15) is 17.9 Å². The molecule has 1 saturated heterocycles. The number of halogens is 1. The van der Waals surface area contributed by atoms with Crippen LogP contribution in [0.3, 0.4) is 0 Å². The van der Waals surface area contributed by atoms with Crippen molar-refractivity contribution in [3.8, 4) is 0 Å². The summed E-state index contributed by atoms with van der Waals surface area (Å²) < 4.78 is 18.3. The van der Waals surface area contributed by atoms with Gasteiger partial charge in [-0.3, -0.25) is 9.69 Å². The summed E-state index contributed by atoms with van der Waals surface area (Å²) in [5.74, 6) is -0.670. The lowest BCUT2D eigenvalue weighted by Crippen LogP contribution is -2.49. The zero-order valence-corrected chi connectivity index (χ0v) is 15.6. The van der Waals surface area contributed by atoms with Crippen molar-refractivity contribution in [2.45, 2.75) is 19.0 Å². The van der Waals surface area contributed by atoms with Crippen molar-refractivity contribution < 1.29 is 13.6 Å². The maximum atomic E-state index is 13.0. The summed E-state index contributed by atoms with van der Waals surface area (Å²) >= 11 is 0. The van der Waals surface area contributed by atoms with Gasteiger partial charge in [0, 0.05) is 25.0 Å². The lowest BCUT2D eigenvalue weighted by Gasteiger charge is -2.32. The van der Waals surface area contributed by atoms with Crippen molar-refractivity contribution in [1.29, 1.82) is 5.41 Å². The number of rotatable bonds is 7. The molecule has 0 saturated carbocycles. The molecule has 1 unspecified atom stereocenters. The molecule has 0 aliphatic carbocycles. The number of nitrogens with one attached hydrogen (secondary N) is 2. The molecule has 10 heteroatoms. The zero-order valence-electron chi connectivity index (χ0n) is 15.6. The van der Waals surface area contributed by atoms with E-state index < -0.39 is 11.7 Å². The van der Waals surface area contributed by atoms with Crippen LogP contribution in [0.2, 0.25) is 0 Å². The molecule has 1 amide bonds. The quantitative estimate of drug-likeness (QED) is 0.311. The van der Waals surface area contributed by atoms with Gasteiger partial charge in [0.05, 0.1) is 30.0 Å². The Labute approximate surface area is 166 Å². The number of carbonyl (C=O) groups is 1. The van der Waals surface area contributed by atoms with Gasteiger partial charge in [-0.2, -0.15) is 0 Å². The summed E-state index contributed by atoms with van der Waals surface area (Å²) in [6.45, 7) is 1.76. The molecule has 1 aromatic heterocycles. The van der Waals surface area contributed by atoms with Crippen LogP contribution < -0.4 is 16.8 Å². The van der Waals surface area contributed by atoms with E-state index in [0.717, 1.165) is 0 Å². The van der Waals surface area contributed by atoms with Gasteiger partial charge in [0.2, 0.25) is 5.89 Å². The third-order valence-electron chi connectivity index (χ3n) is 4.45. The molecule has 1 aliphatic rings. The molecule has 0 spiro atoms. The third-order valence-corrected chi connectivity index (χ3v) is 4.45. The fraction of sp³-hybridized carbons (Fsp3) is 0.263. The monoisotopic (exact) mass is 399 g/mol. The summed E-state index contributed by atoms with van der Waals surface area (Å²) in [7, 11) is 0. The number of oxazole rings is 1. The first kappa shape index (κ1) is 20.2. The Morgan fingerprint density at radius 1 is 1.41 bits per heavy atom. The highest BCUT2D eigenvalue weighted by molar-refractivity contribution is 6.20. The van der Waals surface area contributed by atoms with Crippen LogP contribution in [0.5, 0.6) is 0 Å². The van der Waals surface area contributed by atoms with E-state index in [9.17, 15) is 9.18 Å². The predicted octanol–water partition coefficient (Wildman–Crippen LogP) is 1.06. The SMILES string of the molecule is N=C1CCN(Cc2ncco2)CC1N/C=C(/C(N)=O)C(N)=Nc1ccc(F)cc1. The van der Waals surface area contributed by atoms with E-state index in [1.807, 2.05) is 0 Å². The summed E-state index contributed by atoms with van der Waals surface area (Å²) in [5, 5.41) is 11.2. The summed E-state index contributed by atoms with van der Waals surface area (Å²) in [6, 6.07) is 5.02. The minimum absolute atomic E-state index is 0.0213. The highest BCUT2D eigenvalue weighted by Crippen LogP contribution is 2.14. The maximum Gasteiger partial charge on any atom is 0.253 e. The van der Waals surface area contributed by atoms with E-state index in [1.54, 1.807) is 6.20 Å². The molecule has 29 heavy (non-hydrogen) atoms. The van der Waals surface area contributed by atoms with Crippen LogP contribution in [0.1, 0.15) is 12.3 Å². The predicted molar refractivity (Wildman–Crippen MR) is 106 cm³/mol. The van der Waals surface area contributed by atoms with E-state index in [-0.39, 0.29) is 17.5 Å². The lowest BCUT2D eigenvalue weighted by molar-refractivity contribution is -0.114. The normalized spacial score (nSPS) is 18.7. The summed E-state index contributed by atoms with van der Waals surface area (Å²) in [5.41, 5.74) is 12.2. The number of nitrogens with two attached hydrogens (primary N) is 2. The average Bonchev–Trinajstić information content (AvgIpc) is 3.19. The second-order valence-corrected chi connectivity index (χ2v) is 6.55. The second-order valence-electron chi connectivity index (χ2n) is 6.55. The van der Waals surface area contributed by atoms with E-state index in [1.165, 1.54) is 36.7 Å². The van der Waals surface area contributed by atoms with Crippen molar-refractivity contribution >= 4 is 23.1 Å². The minimum atomic E-state index is -0.764. The topological polar surface area (TPSA) is 147 Å². The molecule has 1 fully saturated rings. The Morgan fingerprint density at radius 2 is 2.17 bits per heavy atom. The van der Waals surface area contributed by atoms with Gasteiger partial charge in [0.25, 0.3) is 5.91 Å². The summed E-state index contributed by atoms with van der Waals surface area (Å²) in [4.78, 5) is 22.1. The molecule has 2 aromatic rings. The van der Waals surface area contributed by atoms with Crippen LogP contribution in [0.15, 0.2) is 57.9 Å². The van der Waals surface area contributed by atoms with Crippen molar-refractivity contribution in [2.24, 2.45) is 16.5 Å². The number of primary amides is 1. The molecule has 0 radical (unpaired) electrons. The number of piperidine rings is 1. The highest BCUT2D eigenvalue weighted by Gasteiger charge is 2.25. The van der Waals surface area contributed by atoms with Gasteiger partial charge < -0.3 is 26.6 Å². The van der Waals surface area contributed by atoms with Crippen LogP contribution in [-0.4, -0.2) is 46.5 Å². The first-order valence-corrected chi connectivity index (χ1v) is 8.96. The molecule has 3 rings (SSSR count). The van der Waals surface area contributed by atoms with E-state index >= 15 is 0 Å². The minimum Gasteiger partial charge on any atom is -0.448 e. The number of amides is 1. The number of benzene rings is 1. The van der Waals surface area contributed by atoms with Crippen molar-refractivity contribution in [1.82, 2.24) is 15.2 Å². The molecule has 6 N–H and O–H groups in total. The molecule has 2 heterocycles. The van der Waals surface area contributed by atoms with Crippen LogP contribution >= 0.6 is 0 Å². The number of nitrogens with zero attached hydrogens (tertiary/aromatic N) is 3. The van der Waals surface area contributed by atoms with Crippen LogP contribution in [0, 0.1) is 11.2 Å². The van der Waals surface area contributed by atoms with Crippen LogP contribution in [-0.2, 0) is 11.3 Å². The van der Waals surface area contributed by atoms with Gasteiger partial charge in [-0.1, -0.05) is 0 Å². The number of aliphatic imine (C=N–C) groups is 1. The Morgan fingerprint density at radius 3 is 2.83 bits per heavy atom. The molecule has 9 nitrogen and oxygen atoms in total. The Kier molecular flexibility index (Phi) is 6.35. The highest BCUT2D eigenvalue weighted by atomic mass is 19.1. The number of hydrogen-bond acceptors (Lipinski definition) is 7. The Hall–Kier alpha value is -3.53. The van der Waals surface area contributed by atoms with E-state index in [0.29, 0.717) is 43.3 Å². The Bertz CT molecular complexity index is 923. The standard InChI is InChI=1S/C19H22FN7O2/c20-12-1-3-13(4-2-12)26-18(22)14(19(23)28)9-25-16-10-27(7-5-15(16)21)11-17-24-6-8-29-17/h1-4,6,8-9,16,21,25H,5,7,10-11H2,(H2,22,26)(H2,23,28)/b14-9+,21-15?. The number of aromatic nitrogens is 1. The van der Waals surface area contributed by atoms with Gasteiger partial charge in [-0.15, -0.1) is 0 Å². The molecule has 152 valence electrons.